The van der Waals surface area contributed by atoms with Crippen molar-refractivity contribution in [3.8, 4) is 0 Å². The molecule has 1 saturated heterocycles. The zero-order valence-corrected chi connectivity index (χ0v) is 15.2. The molecule has 0 spiro atoms. The quantitative estimate of drug-likeness (QED) is 0.824. The number of benzene rings is 2. The second kappa shape index (κ2) is 7.36. The number of hydrogen-bond acceptors (Lipinski definition) is 2. The first-order chi connectivity index (χ1) is 11.6. The Bertz CT molecular complexity index is 781. The minimum absolute atomic E-state index is 0.0257. The normalized spacial score (nSPS) is 17.2. The summed E-state index contributed by atoms with van der Waals surface area (Å²) < 4.78 is 0.806. The molecule has 1 heterocycles. The van der Waals surface area contributed by atoms with Gasteiger partial charge in [-0.1, -0.05) is 41.9 Å². The van der Waals surface area contributed by atoms with Crippen molar-refractivity contribution in [3.63, 3.8) is 0 Å². The van der Waals surface area contributed by atoms with Crippen LogP contribution in [0.15, 0.2) is 53.0 Å². The van der Waals surface area contributed by atoms with Gasteiger partial charge in [-0.3, -0.25) is 9.59 Å². The molecule has 0 radical (unpaired) electrons. The fourth-order valence-corrected chi connectivity index (χ4v) is 3.37. The number of carbonyl (C=O) groups excluding carboxylic acids is 2. The topological polar surface area (TPSA) is 49.4 Å². The second-order valence-corrected chi connectivity index (χ2v) is 6.90. The molecule has 1 N–H and O–H groups in total. The van der Waals surface area contributed by atoms with Crippen molar-refractivity contribution in [1.82, 2.24) is 4.90 Å². The maximum absolute atomic E-state index is 12.6. The molecule has 2 aromatic rings. The lowest BCUT2D eigenvalue weighted by molar-refractivity contribution is -0.133. The van der Waals surface area contributed by atoms with Gasteiger partial charge in [-0.25, -0.2) is 0 Å². The third kappa shape index (κ3) is 3.62. The molecule has 0 bridgehead atoms. The van der Waals surface area contributed by atoms with Crippen LogP contribution in [0.5, 0.6) is 0 Å². The van der Waals surface area contributed by atoms with Crippen molar-refractivity contribution in [1.29, 1.82) is 0 Å². The Morgan fingerprint density at radius 3 is 2.67 bits per heavy atom. The minimum Gasteiger partial charge on any atom is -0.326 e. The highest BCUT2D eigenvalue weighted by molar-refractivity contribution is 9.10. The van der Waals surface area contributed by atoms with E-state index in [1.165, 1.54) is 0 Å². The molecule has 3 rings (SSSR count). The first kappa shape index (κ1) is 17.0. The van der Waals surface area contributed by atoms with E-state index in [1.807, 2.05) is 42.5 Å². The van der Waals surface area contributed by atoms with Gasteiger partial charge in [-0.05, 0) is 46.1 Å². The fourth-order valence-electron chi connectivity index (χ4n) is 2.79. The average Bonchev–Trinajstić information content (AvgIpc) is 2.93. The van der Waals surface area contributed by atoms with Crippen LogP contribution in [-0.4, -0.2) is 22.8 Å². The predicted molar refractivity (Wildman–Crippen MR) is 97.8 cm³/mol. The van der Waals surface area contributed by atoms with Crippen LogP contribution >= 0.6 is 27.5 Å². The number of halogens is 2. The van der Waals surface area contributed by atoms with Crippen molar-refractivity contribution in [3.05, 3.63) is 63.6 Å². The number of para-hydroxylation sites is 1. The van der Waals surface area contributed by atoms with E-state index in [-0.39, 0.29) is 11.8 Å². The van der Waals surface area contributed by atoms with Gasteiger partial charge in [-0.15, -0.1) is 0 Å². The molecular weight excluding hydrogens is 392 g/mol. The fraction of sp³-hybridized carbons (Fsp3) is 0.222. The highest BCUT2D eigenvalue weighted by Gasteiger charge is 2.36. The lowest BCUT2D eigenvalue weighted by Crippen LogP contribution is -2.41. The van der Waals surface area contributed by atoms with Gasteiger partial charge in [0.2, 0.25) is 11.8 Å². The molecule has 4 nitrogen and oxygen atoms in total. The second-order valence-electron chi connectivity index (χ2n) is 5.64. The highest BCUT2D eigenvalue weighted by Crippen LogP contribution is 2.27. The first-order valence-electron chi connectivity index (χ1n) is 7.64. The number of anilines is 1. The zero-order chi connectivity index (χ0) is 17.1. The molecule has 1 aliphatic rings. The van der Waals surface area contributed by atoms with E-state index in [2.05, 4.69) is 21.2 Å². The SMILES string of the molecule is O=C(Nc1ccccc1Br)[C@@H]1CCC(=O)N1Cc1ccccc1Cl. The van der Waals surface area contributed by atoms with Gasteiger partial charge in [0.15, 0.2) is 0 Å². The van der Waals surface area contributed by atoms with Crippen molar-refractivity contribution in [2.45, 2.75) is 25.4 Å². The van der Waals surface area contributed by atoms with Crippen molar-refractivity contribution < 1.29 is 9.59 Å². The summed E-state index contributed by atoms with van der Waals surface area (Å²) in [4.78, 5) is 26.5. The van der Waals surface area contributed by atoms with Crippen LogP contribution in [0.25, 0.3) is 0 Å². The number of nitrogens with zero attached hydrogens (tertiary/aromatic N) is 1. The van der Waals surface area contributed by atoms with Crippen LogP contribution in [-0.2, 0) is 16.1 Å². The smallest absolute Gasteiger partial charge is 0.247 e. The summed E-state index contributed by atoms with van der Waals surface area (Å²) in [7, 11) is 0. The Morgan fingerprint density at radius 2 is 1.92 bits per heavy atom. The largest absolute Gasteiger partial charge is 0.326 e. The Kier molecular flexibility index (Phi) is 5.21. The monoisotopic (exact) mass is 406 g/mol. The highest BCUT2D eigenvalue weighted by atomic mass is 79.9. The maximum atomic E-state index is 12.6. The van der Waals surface area contributed by atoms with E-state index in [1.54, 1.807) is 11.0 Å². The maximum Gasteiger partial charge on any atom is 0.247 e. The molecule has 0 aliphatic carbocycles. The van der Waals surface area contributed by atoms with Crippen LogP contribution in [0.3, 0.4) is 0 Å². The van der Waals surface area contributed by atoms with E-state index in [0.29, 0.717) is 30.1 Å². The Hall–Kier alpha value is -1.85. The minimum atomic E-state index is -0.485. The van der Waals surface area contributed by atoms with Crippen molar-refractivity contribution >= 4 is 45.0 Å². The molecule has 24 heavy (non-hydrogen) atoms. The Balaban J connectivity index is 1.76. The Labute approximate surface area is 153 Å². The molecule has 1 fully saturated rings. The first-order valence-corrected chi connectivity index (χ1v) is 8.81. The van der Waals surface area contributed by atoms with Gasteiger partial charge in [0.05, 0.1) is 5.69 Å². The molecule has 1 atom stereocenters. The number of carbonyl (C=O) groups is 2. The summed E-state index contributed by atoms with van der Waals surface area (Å²) in [5, 5.41) is 3.49. The molecule has 2 aromatic carbocycles. The molecular formula is C18H16BrClN2O2. The lowest BCUT2D eigenvalue weighted by Gasteiger charge is -2.24. The zero-order valence-electron chi connectivity index (χ0n) is 12.8. The molecule has 0 unspecified atom stereocenters. The van der Waals surface area contributed by atoms with Crippen LogP contribution in [0, 0.1) is 0 Å². The van der Waals surface area contributed by atoms with Crippen molar-refractivity contribution in [2.24, 2.45) is 0 Å². The van der Waals surface area contributed by atoms with Gasteiger partial charge in [0, 0.05) is 22.5 Å². The number of likely N-dealkylation sites (tertiary alicyclic amines) is 1. The summed E-state index contributed by atoms with van der Waals surface area (Å²) in [6, 6.07) is 14.3. The third-order valence-corrected chi connectivity index (χ3v) is 5.12. The van der Waals surface area contributed by atoms with E-state index < -0.39 is 6.04 Å². The molecule has 1 aliphatic heterocycles. The van der Waals surface area contributed by atoms with Crippen LogP contribution < -0.4 is 5.32 Å². The Morgan fingerprint density at radius 1 is 1.21 bits per heavy atom. The third-order valence-electron chi connectivity index (χ3n) is 4.06. The molecule has 2 amide bonds. The standard InChI is InChI=1S/C18H16BrClN2O2/c19-13-6-2-4-8-15(13)21-18(24)16-9-10-17(23)22(16)11-12-5-1-3-7-14(12)20/h1-8,16H,9-11H2,(H,21,24)/t16-/m0/s1. The number of nitrogens with one attached hydrogen (secondary N) is 1. The van der Waals surface area contributed by atoms with Gasteiger partial charge >= 0.3 is 0 Å². The van der Waals surface area contributed by atoms with Crippen molar-refractivity contribution in [2.75, 3.05) is 5.32 Å². The lowest BCUT2D eigenvalue weighted by atomic mass is 10.1. The summed E-state index contributed by atoms with van der Waals surface area (Å²) in [5.41, 5.74) is 1.53. The van der Waals surface area contributed by atoms with Gasteiger partial charge in [0.1, 0.15) is 6.04 Å². The summed E-state index contributed by atoms with van der Waals surface area (Å²) in [6.45, 7) is 0.340. The van der Waals surface area contributed by atoms with Crippen LogP contribution in [0.4, 0.5) is 5.69 Å². The van der Waals surface area contributed by atoms with Gasteiger partial charge < -0.3 is 10.2 Å². The predicted octanol–water partition coefficient (Wildman–Crippen LogP) is 4.23. The summed E-state index contributed by atoms with van der Waals surface area (Å²) in [6.07, 6.45) is 0.887. The van der Waals surface area contributed by atoms with E-state index in [0.717, 1.165) is 10.0 Å². The van der Waals surface area contributed by atoms with E-state index in [9.17, 15) is 9.59 Å². The van der Waals surface area contributed by atoms with Gasteiger partial charge in [-0.2, -0.15) is 0 Å². The molecule has 0 aromatic heterocycles. The number of rotatable bonds is 4. The molecule has 124 valence electrons. The van der Waals surface area contributed by atoms with E-state index >= 15 is 0 Å². The van der Waals surface area contributed by atoms with Crippen LogP contribution in [0.2, 0.25) is 5.02 Å². The van der Waals surface area contributed by atoms with E-state index in [4.69, 9.17) is 11.6 Å². The summed E-state index contributed by atoms with van der Waals surface area (Å²) in [5.74, 6) is -0.206. The van der Waals surface area contributed by atoms with Crippen LogP contribution in [0.1, 0.15) is 18.4 Å². The number of amides is 2. The molecule has 6 heteroatoms. The van der Waals surface area contributed by atoms with Gasteiger partial charge in [0.25, 0.3) is 0 Å². The average molecular weight is 408 g/mol. The summed E-state index contributed by atoms with van der Waals surface area (Å²) >= 11 is 9.59. The molecule has 0 saturated carbocycles. The number of hydrogen-bond donors (Lipinski definition) is 1.